The van der Waals surface area contributed by atoms with Crippen LogP contribution >= 0.6 is 0 Å². The van der Waals surface area contributed by atoms with Crippen molar-refractivity contribution >= 4 is 11.7 Å². The van der Waals surface area contributed by atoms with Crippen LogP contribution in [0.5, 0.6) is 0 Å². The summed E-state index contributed by atoms with van der Waals surface area (Å²) in [5.74, 6) is -1.09. The number of carboxylic acid groups (broad SMARTS) is 1. The lowest BCUT2D eigenvalue weighted by molar-refractivity contribution is -0.386. The van der Waals surface area contributed by atoms with Crippen molar-refractivity contribution in [2.24, 2.45) is 0 Å². The van der Waals surface area contributed by atoms with Gasteiger partial charge in [0.25, 0.3) is 0 Å². The Kier molecular flexibility index (Phi) is 2.80. The maximum Gasteiger partial charge on any atom is 0.316 e. The Morgan fingerprint density at radius 2 is 2.24 bits per heavy atom. The van der Waals surface area contributed by atoms with Crippen LogP contribution in [0.3, 0.4) is 0 Å². The van der Waals surface area contributed by atoms with Gasteiger partial charge in [-0.15, -0.1) is 0 Å². The van der Waals surface area contributed by atoms with E-state index in [0.717, 1.165) is 6.20 Å². The third-order valence-electron chi connectivity index (χ3n) is 3.05. The molecule has 92 valence electrons. The minimum Gasteiger partial charge on any atom is -0.481 e. The van der Waals surface area contributed by atoms with Gasteiger partial charge in [0.05, 0.1) is 4.92 Å². The lowest BCUT2D eigenvalue weighted by atomic mass is 9.77. The van der Waals surface area contributed by atoms with E-state index in [9.17, 15) is 20.0 Å². The Morgan fingerprint density at radius 1 is 1.59 bits per heavy atom. The smallest absolute Gasteiger partial charge is 0.316 e. The molecule has 1 aliphatic rings. The van der Waals surface area contributed by atoms with Crippen molar-refractivity contribution in [1.29, 1.82) is 0 Å². The summed E-state index contributed by atoms with van der Waals surface area (Å²) in [4.78, 5) is 21.6. The van der Waals surface area contributed by atoms with Crippen LogP contribution in [-0.2, 0) is 14.9 Å². The Labute approximate surface area is 95.7 Å². The summed E-state index contributed by atoms with van der Waals surface area (Å²) in [5.41, 5.74) is -1.52. The van der Waals surface area contributed by atoms with E-state index in [4.69, 9.17) is 4.74 Å². The van der Waals surface area contributed by atoms with Gasteiger partial charge >= 0.3 is 11.7 Å². The molecule has 1 aliphatic heterocycles. The molecule has 0 spiro atoms. The number of nitrogens with one attached hydrogen (secondary N) is 1. The number of ether oxygens (including phenoxy) is 1. The van der Waals surface area contributed by atoms with E-state index in [1.165, 1.54) is 0 Å². The molecule has 8 nitrogen and oxygen atoms in total. The zero-order chi connectivity index (χ0) is 12.5. The number of carbonyl (C=O) groups is 1. The van der Waals surface area contributed by atoms with Gasteiger partial charge < -0.3 is 9.84 Å². The third-order valence-corrected chi connectivity index (χ3v) is 3.05. The number of aromatic nitrogens is 2. The quantitative estimate of drug-likeness (QED) is 0.585. The molecule has 1 fully saturated rings. The molecule has 0 saturated carbocycles. The second-order valence-corrected chi connectivity index (χ2v) is 3.89. The highest BCUT2D eigenvalue weighted by Crippen LogP contribution is 2.38. The Morgan fingerprint density at radius 3 is 2.76 bits per heavy atom. The van der Waals surface area contributed by atoms with Crippen molar-refractivity contribution < 1.29 is 19.6 Å². The number of carboxylic acids is 1. The van der Waals surface area contributed by atoms with Gasteiger partial charge in [-0.05, 0) is 12.8 Å². The molecule has 1 aromatic rings. The van der Waals surface area contributed by atoms with Gasteiger partial charge in [-0.1, -0.05) is 0 Å². The molecule has 0 unspecified atom stereocenters. The molecule has 0 aromatic carbocycles. The highest BCUT2D eigenvalue weighted by atomic mass is 16.6. The highest BCUT2D eigenvalue weighted by molar-refractivity contribution is 5.82. The first-order valence-corrected chi connectivity index (χ1v) is 5.07. The summed E-state index contributed by atoms with van der Waals surface area (Å²) < 4.78 is 5.11. The minimum atomic E-state index is -1.29. The van der Waals surface area contributed by atoms with Crippen LogP contribution in [-0.4, -0.2) is 39.4 Å². The minimum absolute atomic E-state index is 0.0540. The maximum atomic E-state index is 11.4. The zero-order valence-electron chi connectivity index (χ0n) is 8.88. The van der Waals surface area contributed by atoms with E-state index in [2.05, 4.69) is 10.2 Å². The molecule has 0 bridgehead atoms. The summed E-state index contributed by atoms with van der Waals surface area (Å²) in [6.45, 7) is 0.533. The molecular weight excluding hydrogens is 230 g/mol. The number of hydrogen-bond acceptors (Lipinski definition) is 5. The van der Waals surface area contributed by atoms with E-state index in [1.807, 2.05) is 0 Å². The molecule has 0 radical (unpaired) electrons. The number of nitro groups is 1. The van der Waals surface area contributed by atoms with Crippen molar-refractivity contribution in [2.45, 2.75) is 18.3 Å². The summed E-state index contributed by atoms with van der Waals surface area (Å²) >= 11 is 0. The standard InChI is InChI=1S/C9H11N3O5/c13-8(14)9(1-3-17-4-2-9)7-6(12(15)16)5-10-11-7/h5H,1-4H2,(H,10,11)(H,13,14). The molecule has 0 amide bonds. The monoisotopic (exact) mass is 241 g/mol. The van der Waals surface area contributed by atoms with Crippen molar-refractivity contribution in [1.82, 2.24) is 10.2 Å². The molecule has 1 aromatic heterocycles. The van der Waals surface area contributed by atoms with Crippen molar-refractivity contribution in [3.8, 4) is 0 Å². The van der Waals surface area contributed by atoms with Crippen LogP contribution in [0.1, 0.15) is 18.5 Å². The number of aliphatic carboxylic acids is 1. The van der Waals surface area contributed by atoms with Crippen LogP contribution in [0.4, 0.5) is 5.69 Å². The van der Waals surface area contributed by atoms with E-state index < -0.39 is 16.3 Å². The molecule has 1 saturated heterocycles. The van der Waals surface area contributed by atoms with Crippen LogP contribution in [0.15, 0.2) is 6.20 Å². The predicted octanol–water partition coefficient (Wildman–Crippen LogP) is 0.451. The van der Waals surface area contributed by atoms with Crippen LogP contribution < -0.4 is 0 Å². The van der Waals surface area contributed by atoms with Crippen LogP contribution in [0, 0.1) is 10.1 Å². The lowest BCUT2D eigenvalue weighted by Gasteiger charge is -2.31. The molecule has 17 heavy (non-hydrogen) atoms. The number of hydrogen-bond donors (Lipinski definition) is 2. The van der Waals surface area contributed by atoms with E-state index in [1.54, 1.807) is 0 Å². The summed E-state index contributed by atoms with van der Waals surface area (Å²) in [6.07, 6.45) is 1.44. The molecule has 0 atom stereocenters. The van der Waals surface area contributed by atoms with E-state index in [0.29, 0.717) is 0 Å². The largest absolute Gasteiger partial charge is 0.481 e. The molecular formula is C9H11N3O5. The number of H-pyrrole nitrogens is 1. The SMILES string of the molecule is O=C(O)C1(c2[nH]ncc2[N+](=O)[O-])CCOCC1. The molecule has 0 aliphatic carbocycles. The van der Waals surface area contributed by atoms with Crippen LogP contribution in [0.25, 0.3) is 0 Å². The first kappa shape index (κ1) is 11.5. The number of nitrogens with zero attached hydrogens (tertiary/aromatic N) is 2. The number of rotatable bonds is 3. The van der Waals surface area contributed by atoms with Gasteiger partial charge in [0.2, 0.25) is 0 Å². The second-order valence-electron chi connectivity index (χ2n) is 3.89. The highest BCUT2D eigenvalue weighted by Gasteiger charge is 2.47. The van der Waals surface area contributed by atoms with Gasteiger partial charge in [0.15, 0.2) is 0 Å². The second kappa shape index (κ2) is 4.13. The van der Waals surface area contributed by atoms with Gasteiger partial charge in [0.1, 0.15) is 17.3 Å². The Bertz CT molecular complexity index is 449. The van der Waals surface area contributed by atoms with Gasteiger partial charge in [-0.25, -0.2) is 0 Å². The fraction of sp³-hybridized carbons (Fsp3) is 0.556. The summed E-state index contributed by atoms with van der Waals surface area (Å²) in [6, 6.07) is 0. The topological polar surface area (TPSA) is 118 Å². The van der Waals surface area contributed by atoms with Crippen molar-refractivity contribution in [3.63, 3.8) is 0 Å². The van der Waals surface area contributed by atoms with Gasteiger partial charge in [-0.2, -0.15) is 5.10 Å². The average Bonchev–Trinajstić information content (AvgIpc) is 2.79. The Balaban J connectivity index is 2.49. The normalized spacial score (nSPS) is 18.8. The van der Waals surface area contributed by atoms with Gasteiger partial charge in [-0.3, -0.25) is 20.0 Å². The zero-order valence-corrected chi connectivity index (χ0v) is 8.88. The van der Waals surface area contributed by atoms with Gasteiger partial charge in [0, 0.05) is 13.2 Å². The maximum absolute atomic E-state index is 11.4. The van der Waals surface area contributed by atoms with Crippen LogP contribution in [0.2, 0.25) is 0 Å². The molecule has 2 N–H and O–H groups in total. The van der Waals surface area contributed by atoms with Crippen molar-refractivity contribution in [2.75, 3.05) is 13.2 Å². The third kappa shape index (κ3) is 1.76. The van der Waals surface area contributed by atoms with E-state index >= 15 is 0 Å². The molecule has 8 heteroatoms. The predicted molar refractivity (Wildman–Crippen MR) is 54.6 cm³/mol. The fourth-order valence-corrected chi connectivity index (χ4v) is 2.06. The first-order chi connectivity index (χ1) is 8.08. The summed E-state index contributed by atoms with van der Waals surface area (Å²) in [7, 11) is 0. The van der Waals surface area contributed by atoms with Crippen molar-refractivity contribution in [3.05, 3.63) is 22.0 Å². The Hall–Kier alpha value is -1.96. The number of aromatic amines is 1. The molecule has 2 heterocycles. The average molecular weight is 241 g/mol. The fourth-order valence-electron chi connectivity index (χ4n) is 2.06. The van der Waals surface area contributed by atoms with E-state index in [-0.39, 0.29) is 37.4 Å². The first-order valence-electron chi connectivity index (χ1n) is 5.07. The lowest BCUT2D eigenvalue weighted by Crippen LogP contribution is -2.42. The summed E-state index contributed by atoms with van der Waals surface area (Å²) in [5, 5.41) is 26.2. The molecule has 2 rings (SSSR count).